The van der Waals surface area contributed by atoms with Crippen LogP contribution >= 0.6 is 36.6 Å². The van der Waals surface area contributed by atoms with Gasteiger partial charge in [0.1, 0.15) is 5.52 Å². The molecular formula is C22H27Cl2N9OS. The maximum Gasteiger partial charge on any atom is 0.238 e. The number of likely N-dealkylation sites (tertiary alicyclic amines) is 1. The third-order valence-electron chi connectivity index (χ3n) is 5.35. The summed E-state index contributed by atoms with van der Waals surface area (Å²) in [6.45, 7) is 3.94. The van der Waals surface area contributed by atoms with Gasteiger partial charge in [-0.3, -0.25) is 14.8 Å². The van der Waals surface area contributed by atoms with E-state index in [0.717, 1.165) is 41.3 Å². The maximum absolute atomic E-state index is 12.3. The number of H-pyrrole nitrogens is 1. The van der Waals surface area contributed by atoms with Crippen molar-refractivity contribution < 1.29 is 4.79 Å². The molecule has 0 bridgehead atoms. The van der Waals surface area contributed by atoms with Crippen LogP contribution in [0.2, 0.25) is 0 Å². The van der Waals surface area contributed by atoms with E-state index in [2.05, 4.69) is 35.8 Å². The van der Waals surface area contributed by atoms with Gasteiger partial charge in [0, 0.05) is 47.7 Å². The molecule has 1 aliphatic rings. The number of halogens is 2. The Kier molecular flexibility index (Phi) is 8.98. The van der Waals surface area contributed by atoms with Gasteiger partial charge in [-0.1, -0.05) is 0 Å². The lowest BCUT2D eigenvalue weighted by Crippen LogP contribution is -2.33. The highest BCUT2D eigenvalue weighted by Crippen LogP contribution is 2.28. The quantitative estimate of drug-likeness (QED) is 0.283. The fraction of sp³-hybridized carbons (Fsp3) is 0.273. The predicted molar refractivity (Wildman–Crippen MR) is 142 cm³/mol. The van der Waals surface area contributed by atoms with Crippen LogP contribution in [-0.4, -0.2) is 61.3 Å². The second-order valence-electron chi connectivity index (χ2n) is 8.10. The van der Waals surface area contributed by atoms with Crippen LogP contribution in [0.25, 0.3) is 5.52 Å². The first-order valence-corrected chi connectivity index (χ1v) is 11.5. The van der Waals surface area contributed by atoms with Crippen molar-refractivity contribution in [3.63, 3.8) is 0 Å². The molecule has 1 aromatic carbocycles. The number of aromatic amines is 1. The van der Waals surface area contributed by atoms with E-state index in [1.54, 1.807) is 4.52 Å². The van der Waals surface area contributed by atoms with Crippen LogP contribution in [0.3, 0.4) is 0 Å². The molecule has 1 atom stereocenters. The Hall–Kier alpha value is -2.83. The average molecular weight is 536 g/mol. The zero-order valence-corrected chi connectivity index (χ0v) is 21.4. The van der Waals surface area contributed by atoms with Crippen LogP contribution in [0, 0.1) is 6.92 Å². The number of benzene rings is 1. The lowest BCUT2D eigenvalue weighted by Gasteiger charge is -2.14. The number of aryl methyl sites for hydroxylation is 1. The Morgan fingerprint density at radius 1 is 1.26 bits per heavy atom. The third-order valence-corrected chi connectivity index (χ3v) is 6.21. The molecule has 186 valence electrons. The van der Waals surface area contributed by atoms with Gasteiger partial charge in [0.25, 0.3) is 0 Å². The number of nitrogens with zero attached hydrogens (tertiary/aromatic N) is 5. The van der Waals surface area contributed by atoms with Crippen LogP contribution in [0.5, 0.6) is 0 Å². The molecule has 1 aliphatic heterocycles. The second-order valence-corrected chi connectivity index (χ2v) is 9.14. The minimum Gasteiger partial charge on any atom is -0.326 e. The number of fused-ring (bicyclic) bond motifs is 1. The Morgan fingerprint density at radius 3 is 2.74 bits per heavy atom. The van der Waals surface area contributed by atoms with E-state index in [-0.39, 0.29) is 36.8 Å². The minimum atomic E-state index is -0.0322. The van der Waals surface area contributed by atoms with Crippen molar-refractivity contribution >= 4 is 65.3 Å². The number of carbonyl (C=O) groups is 1. The molecule has 1 amide bonds. The minimum absolute atomic E-state index is 0. The molecule has 4 heterocycles. The van der Waals surface area contributed by atoms with Crippen molar-refractivity contribution in [2.75, 3.05) is 30.3 Å². The summed E-state index contributed by atoms with van der Waals surface area (Å²) in [5.41, 5.74) is 8.49. The standard InChI is InChI=1S/C22H25N9OS.2ClH/c1-14-11-19(28-27-14)25-21-18-3-2-9-31(18)29-22(26-21)33-17-6-4-16(5-7-17)24-20(32)13-30-10-8-15(23)12-30;;/h2-7,9,11,15H,8,10,12-13,23H2,1H3,(H,24,32)(H2,25,26,27,28,29);2*1H/t15-;;/m1../s1. The number of anilines is 3. The van der Waals surface area contributed by atoms with Gasteiger partial charge in [0.15, 0.2) is 11.6 Å². The predicted octanol–water partition coefficient (Wildman–Crippen LogP) is 3.47. The fourth-order valence-corrected chi connectivity index (χ4v) is 4.52. The second kappa shape index (κ2) is 11.7. The van der Waals surface area contributed by atoms with Crippen LogP contribution < -0.4 is 16.4 Å². The average Bonchev–Trinajstić information content (AvgIpc) is 3.51. The summed E-state index contributed by atoms with van der Waals surface area (Å²) in [5, 5.41) is 18.5. The van der Waals surface area contributed by atoms with E-state index in [0.29, 0.717) is 23.3 Å². The van der Waals surface area contributed by atoms with Crippen molar-refractivity contribution in [3.05, 3.63) is 54.4 Å². The largest absolute Gasteiger partial charge is 0.326 e. The number of amides is 1. The molecule has 10 nitrogen and oxygen atoms in total. The van der Waals surface area contributed by atoms with Crippen LogP contribution in [-0.2, 0) is 4.79 Å². The van der Waals surface area contributed by atoms with Gasteiger partial charge in [0.05, 0.1) is 6.54 Å². The number of carbonyl (C=O) groups excluding carboxylic acids is 1. The van der Waals surface area contributed by atoms with Crippen molar-refractivity contribution in [2.24, 2.45) is 5.73 Å². The Labute approximate surface area is 219 Å². The lowest BCUT2D eigenvalue weighted by molar-refractivity contribution is -0.117. The summed E-state index contributed by atoms with van der Waals surface area (Å²) in [4.78, 5) is 20.0. The van der Waals surface area contributed by atoms with Gasteiger partial charge < -0.3 is 16.4 Å². The number of hydrogen-bond acceptors (Lipinski definition) is 8. The van der Waals surface area contributed by atoms with E-state index < -0.39 is 0 Å². The highest BCUT2D eigenvalue weighted by atomic mass is 35.5. The first kappa shape index (κ1) is 26.8. The van der Waals surface area contributed by atoms with Gasteiger partial charge in [-0.25, -0.2) is 9.50 Å². The van der Waals surface area contributed by atoms with E-state index in [1.807, 2.05) is 55.6 Å². The first-order valence-electron chi connectivity index (χ1n) is 10.7. The molecule has 5 rings (SSSR count). The Morgan fingerprint density at radius 2 is 2.06 bits per heavy atom. The van der Waals surface area contributed by atoms with E-state index in [1.165, 1.54) is 11.8 Å². The van der Waals surface area contributed by atoms with E-state index >= 15 is 0 Å². The van der Waals surface area contributed by atoms with Crippen molar-refractivity contribution in [1.82, 2.24) is 29.7 Å². The number of hydrogen-bond donors (Lipinski definition) is 4. The van der Waals surface area contributed by atoms with Crippen LogP contribution in [0.15, 0.2) is 58.7 Å². The van der Waals surface area contributed by atoms with Crippen LogP contribution in [0.1, 0.15) is 12.1 Å². The van der Waals surface area contributed by atoms with Crippen molar-refractivity contribution in [1.29, 1.82) is 0 Å². The molecule has 3 aromatic heterocycles. The van der Waals surface area contributed by atoms with Gasteiger partial charge in [-0.15, -0.1) is 29.9 Å². The highest BCUT2D eigenvalue weighted by Gasteiger charge is 2.21. The summed E-state index contributed by atoms with van der Waals surface area (Å²) in [6, 6.07) is 13.6. The summed E-state index contributed by atoms with van der Waals surface area (Å²) in [7, 11) is 0. The van der Waals surface area contributed by atoms with Gasteiger partial charge >= 0.3 is 0 Å². The molecule has 0 aliphatic carbocycles. The summed E-state index contributed by atoms with van der Waals surface area (Å²) in [5.74, 6) is 1.34. The zero-order chi connectivity index (χ0) is 22.8. The lowest BCUT2D eigenvalue weighted by atomic mass is 10.3. The fourth-order valence-electron chi connectivity index (χ4n) is 3.77. The molecule has 4 aromatic rings. The Balaban J connectivity index is 0.00000171. The highest BCUT2D eigenvalue weighted by molar-refractivity contribution is 7.99. The van der Waals surface area contributed by atoms with E-state index in [9.17, 15) is 4.79 Å². The number of rotatable bonds is 7. The molecule has 13 heteroatoms. The molecule has 0 unspecified atom stereocenters. The van der Waals surface area contributed by atoms with Crippen molar-refractivity contribution in [2.45, 2.75) is 29.4 Å². The maximum atomic E-state index is 12.3. The van der Waals surface area contributed by atoms with E-state index in [4.69, 9.17) is 5.73 Å². The number of nitrogens with one attached hydrogen (secondary N) is 3. The molecule has 0 radical (unpaired) electrons. The molecule has 0 saturated carbocycles. The summed E-state index contributed by atoms with van der Waals surface area (Å²) >= 11 is 1.44. The first-order chi connectivity index (χ1) is 16.0. The van der Waals surface area contributed by atoms with Crippen LogP contribution in [0.4, 0.5) is 17.3 Å². The normalized spacial score (nSPS) is 15.4. The topological polar surface area (TPSA) is 129 Å². The molecule has 5 N–H and O–H groups in total. The molecular weight excluding hydrogens is 509 g/mol. The number of aromatic nitrogens is 5. The molecule has 1 fully saturated rings. The molecule has 35 heavy (non-hydrogen) atoms. The third kappa shape index (κ3) is 6.65. The summed E-state index contributed by atoms with van der Waals surface area (Å²) < 4.78 is 1.79. The SMILES string of the molecule is Cc1cc(Nc2nc(Sc3ccc(NC(=O)CN4CC[C@@H](N)C4)cc3)nn3cccc23)n[nH]1.Cl.Cl. The monoisotopic (exact) mass is 535 g/mol. The number of nitrogens with two attached hydrogens (primary N) is 1. The molecule has 0 spiro atoms. The zero-order valence-electron chi connectivity index (χ0n) is 19.0. The van der Waals surface area contributed by atoms with Gasteiger partial charge in [0.2, 0.25) is 11.1 Å². The Bertz CT molecular complexity index is 1280. The van der Waals surface area contributed by atoms with Gasteiger partial charge in [-0.05, 0) is 61.5 Å². The van der Waals surface area contributed by atoms with Crippen molar-refractivity contribution in [3.8, 4) is 0 Å². The smallest absolute Gasteiger partial charge is 0.238 e. The van der Waals surface area contributed by atoms with Gasteiger partial charge in [-0.2, -0.15) is 5.10 Å². The summed E-state index contributed by atoms with van der Waals surface area (Å²) in [6.07, 6.45) is 2.82. The molecule has 1 saturated heterocycles.